The molecule has 0 bridgehead atoms. The first-order valence-electron chi connectivity index (χ1n) is 8.86. The van der Waals surface area contributed by atoms with Gasteiger partial charge in [-0.15, -0.1) is 0 Å². The summed E-state index contributed by atoms with van der Waals surface area (Å²) in [5, 5.41) is 2.23. The number of aryl methyl sites for hydroxylation is 2. The third kappa shape index (κ3) is 3.92. The SMILES string of the molecule is Cc1cc(NC(=O)c2c(F)c(S(=O)(=O)CC3(C(F)(F)F)CCC3)cn2C)cc(F)n1. The van der Waals surface area contributed by atoms with E-state index in [1.807, 2.05) is 0 Å². The number of aromatic nitrogens is 2. The van der Waals surface area contributed by atoms with Crippen molar-refractivity contribution in [1.82, 2.24) is 9.55 Å². The molecule has 0 unspecified atom stereocenters. The third-order valence-corrected chi connectivity index (χ3v) is 7.08. The molecule has 1 saturated carbocycles. The average Bonchev–Trinajstić information content (AvgIpc) is 2.84. The second-order valence-corrected chi connectivity index (χ2v) is 9.39. The summed E-state index contributed by atoms with van der Waals surface area (Å²) in [6, 6.07) is 2.19. The molecule has 0 aromatic carbocycles. The Morgan fingerprint density at radius 1 is 1.27 bits per heavy atom. The highest BCUT2D eigenvalue weighted by molar-refractivity contribution is 7.91. The van der Waals surface area contributed by atoms with Gasteiger partial charge in [-0.2, -0.15) is 17.6 Å². The summed E-state index contributed by atoms with van der Waals surface area (Å²) in [5.74, 6) is -4.73. The second-order valence-electron chi connectivity index (χ2n) is 7.43. The lowest BCUT2D eigenvalue weighted by atomic mass is 9.70. The van der Waals surface area contributed by atoms with Gasteiger partial charge in [0.25, 0.3) is 5.91 Å². The fourth-order valence-corrected chi connectivity index (χ4v) is 5.51. The van der Waals surface area contributed by atoms with E-state index in [9.17, 15) is 35.2 Å². The summed E-state index contributed by atoms with van der Waals surface area (Å²) in [6.07, 6.45) is -4.47. The van der Waals surface area contributed by atoms with Gasteiger partial charge in [-0.25, -0.2) is 17.8 Å². The predicted octanol–water partition coefficient (Wildman–Crippen LogP) is 3.77. The first-order valence-corrected chi connectivity index (χ1v) is 10.5. The lowest BCUT2D eigenvalue weighted by molar-refractivity contribution is -0.241. The number of hydrogen-bond acceptors (Lipinski definition) is 4. The zero-order valence-electron chi connectivity index (χ0n) is 16.0. The van der Waals surface area contributed by atoms with Crippen molar-refractivity contribution >= 4 is 21.4 Å². The lowest BCUT2D eigenvalue weighted by Crippen LogP contribution is -2.48. The van der Waals surface area contributed by atoms with E-state index in [0.29, 0.717) is 0 Å². The molecule has 1 aliphatic carbocycles. The van der Waals surface area contributed by atoms with Crippen LogP contribution in [-0.4, -0.2) is 35.8 Å². The fourth-order valence-electron chi connectivity index (χ4n) is 3.49. The van der Waals surface area contributed by atoms with E-state index in [4.69, 9.17) is 0 Å². The molecule has 2 aromatic heterocycles. The van der Waals surface area contributed by atoms with Gasteiger partial charge in [-0.3, -0.25) is 4.79 Å². The van der Waals surface area contributed by atoms with E-state index in [1.54, 1.807) is 0 Å². The van der Waals surface area contributed by atoms with Gasteiger partial charge < -0.3 is 9.88 Å². The molecule has 12 heteroatoms. The Bertz CT molecular complexity index is 1080. The number of nitrogens with zero attached hydrogens (tertiary/aromatic N) is 2. The van der Waals surface area contributed by atoms with Gasteiger partial charge in [0.05, 0.1) is 11.2 Å². The first kappa shape index (κ1) is 22.2. The van der Waals surface area contributed by atoms with Crippen LogP contribution in [0.5, 0.6) is 0 Å². The molecule has 0 saturated heterocycles. The number of pyridine rings is 1. The van der Waals surface area contributed by atoms with Crippen LogP contribution in [0.15, 0.2) is 23.2 Å². The molecule has 0 aliphatic heterocycles. The van der Waals surface area contributed by atoms with Crippen LogP contribution in [0.3, 0.4) is 0 Å². The molecule has 2 heterocycles. The molecule has 164 valence electrons. The minimum absolute atomic E-state index is 0.0412. The summed E-state index contributed by atoms with van der Waals surface area (Å²) < 4.78 is 94.4. The van der Waals surface area contributed by atoms with E-state index in [0.717, 1.165) is 16.8 Å². The zero-order chi connectivity index (χ0) is 22.5. The Morgan fingerprint density at radius 3 is 2.40 bits per heavy atom. The van der Waals surface area contributed by atoms with Gasteiger partial charge in [-0.1, -0.05) is 6.42 Å². The predicted molar refractivity (Wildman–Crippen MR) is 96.6 cm³/mol. The molecule has 0 radical (unpaired) electrons. The summed E-state index contributed by atoms with van der Waals surface area (Å²) in [4.78, 5) is 14.9. The molecule has 6 nitrogen and oxygen atoms in total. The van der Waals surface area contributed by atoms with Crippen molar-refractivity contribution in [3.8, 4) is 0 Å². The van der Waals surface area contributed by atoms with Crippen LogP contribution in [-0.2, 0) is 16.9 Å². The molecule has 0 spiro atoms. The van der Waals surface area contributed by atoms with Crippen molar-refractivity contribution in [2.24, 2.45) is 12.5 Å². The Balaban J connectivity index is 1.92. The van der Waals surface area contributed by atoms with Crippen LogP contribution in [0.1, 0.15) is 35.4 Å². The quantitative estimate of drug-likeness (QED) is 0.555. The number of halogens is 5. The molecular formula is C18H18F5N3O3S. The van der Waals surface area contributed by atoms with Gasteiger partial charge in [0.2, 0.25) is 5.95 Å². The number of nitrogens with one attached hydrogen (secondary N) is 1. The smallest absolute Gasteiger partial charge is 0.343 e. The standard InChI is InChI=1S/C18H18F5N3O3S/c1-10-6-11(7-13(19)24-10)25-16(27)15-14(20)12(8-26(15)2)30(28,29)9-17(4-3-5-17)18(21,22)23/h6-8H,3-5,9H2,1-2H3,(H,24,25,27). The number of carbonyl (C=O) groups is 1. The number of sulfone groups is 1. The van der Waals surface area contributed by atoms with E-state index < -0.39 is 55.4 Å². The normalized spacial score (nSPS) is 16.2. The van der Waals surface area contributed by atoms with Crippen LogP contribution >= 0.6 is 0 Å². The third-order valence-electron chi connectivity index (χ3n) is 5.20. The van der Waals surface area contributed by atoms with Crippen molar-refractivity contribution in [1.29, 1.82) is 0 Å². The Hall–Kier alpha value is -2.50. The Kier molecular flexibility index (Phi) is 5.42. The highest BCUT2D eigenvalue weighted by atomic mass is 32.2. The minimum atomic E-state index is -4.74. The Labute approximate surface area is 169 Å². The van der Waals surface area contributed by atoms with E-state index in [-0.39, 0.29) is 30.6 Å². The zero-order valence-corrected chi connectivity index (χ0v) is 16.8. The Morgan fingerprint density at radius 2 is 1.90 bits per heavy atom. The molecule has 1 aliphatic rings. The van der Waals surface area contributed by atoms with E-state index in [2.05, 4.69) is 10.3 Å². The molecule has 1 amide bonds. The topological polar surface area (TPSA) is 81.1 Å². The number of alkyl halides is 3. The monoisotopic (exact) mass is 451 g/mol. The first-order chi connectivity index (χ1) is 13.8. The van der Waals surface area contributed by atoms with Crippen molar-refractivity contribution in [3.05, 3.63) is 41.5 Å². The largest absolute Gasteiger partial charge is 0.395 e. The maximum atomic E-state index is 14.9. The van der Waals surface area contributed by atoms with Gasteiger partial charge in [0.1, 0.15) is 10.6 Å². The number of hydrogen-bond donors (Lipinski definition) is 1. The van der Waals surface area contributed by atoms with Crippen molar-refractivity contribution in [3.63, 3.8) is 0 Å². The van der Waals surface area contributed by atoms with Crippen molar-refractivity contribution < 1.29 is 35.2 Å². The number of anilines is 1. The highest BCUT2D eigenvalue weighted by Gasteiger charge is 2.60. The summed E-state index contributed by atoms with van der Waals surface area (Å²) in [5.41, 5.74) is -2.93. The van der Waals surface area contributed by atoms with Gasteiger partial charge in [0.15, 0.2) is 15.7 Å². The van der Waals surface area contributed by atoms with Gasteiger partial charge in [0, 0.05) is 30.7 Å². The fraction of sp³-hybridized carbons (Fsp3) is 0.444. The summed E-state index contributed by atoms with van der Waals surface area (Å²) in [6.45, 7) is 1.46. The lowest BCUT2D eigenvalue weighted by Gasteiger charge is -2.42. The molecule has 3 rings (SSSR count). The maximum absolute atomic E-state index is 14.9. The molecule has 1 fully saturated rings. The molecular weight excluding hydrogens is 433 g/mol. The maximum Gasteiger partial charge on any atom is 0.395 e. The van der Waals surface area contributed by atoms with E-state index >= 15 is 0 Å². The minimum Gasteiger partial charge on any atom is -0.343 e. The number of rotatable bonds is 5. The highest BCUT2D eigenvalue weighted by Crippen LogP contribution is 2.54. The molecule has 0 atom stereocenters. The molecule has 1 N–H and O–H groups in total. The van der Waals surface area contributed by atoms with Crippen LogP contribution in [0.2, 0.25) is 0 Å². The summed E-state index contributed by atoms with van der Waals surface area (Å²) >= 11 is 0. The number of carbonyl (C=O) groups excluding carboxylic acids is 1. The molecule has 30 heavy (non-hydrogen) atoms. The second kappa shape index (κ2) is 7.33. The average molecular weight is 451 g/mol. The van der Waals surface area contributed by atoms with Crippen LogP contribution < -0.4 is 5.32 Å². The van der Waals surface area contributed by atoms with Gasteiger partial charge in [-0.05, 0) is 25.8 Å². The van der Waals surface area contributed by atoms with Crippen LogP contribution in [0.25, 0.3) is 0 Å². The van der Waals surface area contributed by atoms with E-state index in [1.165, 1.54) is 20.0 Å². The van der Waals surface area contributed by atoms with Gasteiger partial charge >= 0.3 is 6.18 Å². The van der Waals surface area contributed by atoms with Crippen LogP contribution in [0.4, 0.5) is 27.6 Å². The van der Waals surface area contributed by atoms with Crippen molar-refractivity contribution in [2.75, 3.05) is 11.1 Å². The number of amides is 1. The van der Waals surface area contributed by atoms with Crippen LogP contribution in [0, 0.1) is 24.1 Å². The summed E-state index contributed by atoms with van der Waals surface area (Å²) in [7, 11) is -3.50. The van der Waals surface area contributed by atoms with Crippen molar-refractivity contribution in [2.45, 2.75) is 37.3 Å². The molecule has 2 aromatic rings.